The second-order valence-electron chi connectivity index (χ2n) is 5.56. The molecule has 1 aromatic carbocycles. The smallest absolute Gasteiger partial charge is 0.241 e. The van der Waals surface area contributed by atoms with E-state index in [-0.39, 0.29) is 5.91 Å². The molecule has 1 aliphatic heterocycles. The van der Waals surface area contributed by atoms with Crippen LogP contribution in [0.25, 0.3) is 0 Å². The van der Waals surface area contributed by atoms with Gasteiger partial charge >= 0.3 is 0 Å². The summed E-state index contributed by atoms with van der Waals surface area (Å²) in [6.07, 6.45) is 2.64. The molecular weight excluding hydrogens is 238 g/mol. The number of carbonyl (C=O) groups is 1. The van der Waals surface area contributed by atoms with E-state index in [4.69, 9.17) is 0 Å². The summed E-state index contributed by atoms with van der Waals surface area (Å²) >= 11 is 0. The first-order chi connectivity index (χ1) is 9.22. The van der Waals surface area contributed by atoms with Crippen LogP contribution in [-0.4, -0.2) is 43.5 Å². The van der Waals surface area contributed by atoms with Gasteiger partial charge in [0.25, 0.3) is 0 Å². The van der Waals surface area contributed by atoms with Crippen molar-refractivity contribution in [1.82, 2.24) is 10.2 Å². The maximum atomic E-state index is 11.7. The molecular formula is C15H21N3O. The predicted octanol–water partition coefficient (Wildman–Crippen LogP) is 1.22. The Morgan fingerprint density at radius 3 is 2.58 bits per heavy atom. The molecule has 2 aliphatic rings. The predicted molar refractivity (Wildman–Crippen MR) is 76.2 cm³/mol. The molecule has 4 nitrogen and oxygen atoms in total. The summed E-state index contributed by atoms with van der Waals surface area (Å²) in [5.74, 6) is 0.200. The van der Waals surface area contributed by atoms with Crippen LogP contribution in [0, 0.1) is 0 Å². The van der Waals surface area contributed by atoms with Crippen LogP contribution < -0.4 is 10.2 Å². The quantitative estimate of drug-likeness (QED) is 0.883. The number of carbonyl (C=O) groups excluding carboxylic acids is 1. The molecule has 1 saturated carbocycles. The number of anilines is 1. The average Bonchev–Trinajstić information content (AvgIpc) is 3.24. The summed E-state index contributed by atoms with van der Waals surface area (Å²) in [6.45, 7) is 3.18. The van der Waals surface area contributed by atoms with Crippen molar-refractivity contribution in [2.75, 3.05) is 31.6 Å². The van der Waals surface area contributed by atoms with E-state index >= 15 is 0 Å². The second kappa shape index (κ2) is 5.21. The number of rotatable bonds is 4. The number of benzene rings is 1. The highest BCUT2D eigenvalue weighted by Crippen LogP contribution is 2.20. The molecule has 4 heteroatoms. The van der Waals surface area contributed by atoms with Crippen molar-refractivity contribution in [1.29, 1.82) is 0 Å². The van der Waals surface area contributed by atoms with Crippen LogP contribution >= 0.6 is 0 Å². The third-order valence-corrected chi connectivity index (χ3v) is 3.93. The van der Waals surface area contributed by atoms with Crippen LogP contribution in [-0.2, 0) is 11.3 Å². The number of hydrogen-bond acceptors (Lipinski definition) is 3. The van der Waals surface area contributed by atoms with Gasteiger partial charge in [0.1, 0.15) is 0 Å². The van der Waals surface area contributed by atoms with Crippen LogP contribution in [0.3, 0.4) is 0 Å². The van der Waals surface area contributed by atoms with E-state index in [2.05, 4.69) is 34.5 Å². The maximum absolute atomic E-state index is 11.7. The average molecular weight is 259 g/mol. The molecule has 2 fully saturated rings. The Morgan fingerprint density at radius 2 is 1.95 bits per heavy atom. The van der Waals surface area contributed by atoms with E-state index in [1.165, 1.54) is 18.4 Å². The molecule has 1 N–H and O–H groups in total. The van der Waals surface area contributed by atoms with E-state index < -0.39 is 0 Å². The van der Waals surface area contributed by atoms with Crippen molar-refractivity contribution in [3.8, 4) is 0 Å². The zero-order valence-corrected chi connectivity index (χ0v) is 11.4. The molecule has 1 aliphatic carbocycles. The maximum Gasteiger partial charge on any atom is 0.241 e. The van der Waals surface area contributed by atoms with Crippen LogP contribution in [0.1, 0.15) is 18.4 Å². The molecule has 0 bridgehead atoms. The normalized spacial score (nSPS) is 19.9. The summed E-state index contributed by atoms with van der Waals surface area (Å²) < 4.78 is 0. The van der Waals surface area contributed by atoms with Crippen LogP contribution in [0.4, 0.5) is 5.69 Å². The first kappa shape index (κ1) is 12.5. The highest BCUT2D eigenvalue weighted by molar-refractivity contribution is 5.82. The number of nitrogens with zero attached hydrogens (tertiary/aromatic N) is 2. The summed E-state index contributed by atoms with van der Waals surface area (Å²) in [4.78, 5) is 15.7. The Kier molecular flexibility index (Phi) is 3.42. The fraction of sp³-hybridized carbons (Fsp3) is 0.533. The number of likely N-dealkylation sites (N-methyl/N-ethyl adjacent to an activating group) is 1. The third-order valence-electron chi connectivity index (χ3n) is 3.93. The third kappa shape index (κ3) is 3.07. The Morgan fingerprint density at radius 1 is 1.21 bits per heavy atom. The molecule has 19 heavy (non-hydrogen) atoms. The van der Waals surface area contributed by atoms with E-state index in [9.17, 15) is 4.79 Å². The van der Waals surface area contributed by atoms with Crippen molar-refractivity contribution < 1.29 is 4.79 Å². The number of amides is 1. The molecule has 1 saturated heterocycles. The minimum atomic E-state index is 0.200. The van der Waals surface area contributed by atoms with Gasteiger partial charge in [0.15, 0.2) is 0 Å². The number of piperazine rings is 1. The van der Waals surface area contributed by atoms with Crippen molar-refractivity contribution in [3.05, 3.63) is 29.8 Å². The lowest BCUT2D eigenvalue weighted by atomic mass is 10.1. The molecule has 0 radical (unpaired) electrons. The Hall–Kier alpha value is -1.55. The first-order valence-electron chi connectivity index (χ1n) is 7.03. The van der Waals surface area contributed by atoms with E-state index in [0.29, 0.717) is 6.54 Å². The first-order valence-corrected chi connectivity index (χ1v) is 7.03. The highest BCUT2D eigenvalue weighted by atomic mass is 16.2. The van der Waals surface area contributed by atoms with Gasteiger partial charge in [-0.1, -0.05) is 12.1 Å². The lowest BCUT2D eigenvalue weighted by molar-refractivity contribution is -0.129. The molecule has 1 heterocycles. The zero-order valence-electron chi connectivity index (χ0n) is 11.4. The van der Waals surface area contributed by atoms with Gasteiger partial charge in [-0.2, -0.15) is 0 Å². The molecule has 3 rings (SSSR count). The lowest BCUT2D eigenvalue weighted by Crippen LogP contribution is -2.48. The van der Waals surface area contributed by atoms with Crippen molar-refractivity contribution >= 4 is 11.6 Å². The van der Waals surface area contributed by atoms with E-state index in [1.807, 2.05) is 7.05 Å². The van der Waals surface area contributed by atoms with Crippen LogP contribution in [0.2, 0.25) is 0 Å². The summed E-state index contributed by atoms with van der Waals surface area (Å²) in [6, 6.07) is 9.32. The highest BCUT2D eigenvalue weighted by Gasteiger charge is 2.21. The Balaban J connectivity index is 1.59. The van der Waals surface area contributed by atoms with Crippen molar-refractivity contribution in [2.24, 2.45) is 0 Å². The van der Waals surface area contributed by atoms with Gasteiger partial charge in [-0.05, 0) is 30.5 Å². The number of hydrogen-bond donors (Lipinski definition) is 1. The molecule has 1 amide bonds. The molecule has 1 aromatic rings. The van der Waals surface area contributed by atoms with Crippen LogP contribution in [0.5, 0.6) is 0 Å². The summed E-state index contributed by atoms with van der Waals surface area (Å²) in [5.41, 5.74) is 2.47. The summed E-state index contributed by atoms with van der Waals surface area (Å²) in [5, 5.41) is 3.51. The summed E-state index contributed by atoms with van der Waals surface area (Å²) in [7, 11) is 1.87. The Labute approximate surface area is 114 Å². The van der Waals surface area contributed by atoms with Crippen molar-refractivity contribution in [3.63, 3.8) is 0 Å². The van der Waals surface area contributed by atoms with Crippen LogP contribution in [0.15, 0.2) is 24.3 Å². The Bertz CT molecular complexity index is 453. The standard InChI is InChI=1S/C15H21N3O/c1-17-8-9-18(11-15(17)19)14-6-2-12(3-7-14)10-16-13-4-5-13/h2-3,6-7,13,16H,4-5,8-11H2,1H3. The van der Waals surface area contributed by atoms with Gasteiger partial charge in [0, 0.05) is 38.4 Å². The molecule has 0 unspecified atom stereocenters. The minimum Gasteiger partial charge on any atom is -0.360 e. The van der Waals surface area contributed by atoms with Gasteiger partial charge < -0.3 is 15.1 Å². The minimum absolute atomic E-state index is 0.200. The monoisotopic (exact) mass is 259 g/mol. The molecule has 0 spiro atoms. The second-order valence-corrected chi connectivity index (χ2v) is 5.56. The molecule has 0 atom stereocenters. The van der Waals surface area contributed by atoms with E-state index in [1.54, 1.807) is 4.90 Å². The SMILES string of the molecule is CN1CCN(c2ccc(CNC3CC3)cc2)CC1=O. The molecule has 102 valence electrons. The van der Waals surface area contributed by atoms with Gasteiger partial charge in [0.2, 0.25) is 5.91 Å². The topological polar surface area (TPSA) is 35.6 Å². The fourth-order valence-corrected chi connectivity index (χ4v) is 2.35. The van der Waals surface area contributed by atoms with Gasteiger partial charge in [0.05, 0.1) is 6.54 Å². The largest absolute Gasteiger partial charge is 0.360 e. The molecule has 0 aromatic heterocycles. The van der Waals surface area contributed by atoms with E-state index in [0.717, 1.165) is 31.4 Å². The van der Waals surface area contributed by atoms with Gasteiger partial charge in [-0.15, -0.1) is 0 Å². The van der Waals surface area contributed by atoms with Crippen molar-refractivity contribution in [2.45, 2.75) is 25.4 Å². The fourth-order valence-electron chi connectivity index (χ4n) is 2.35. The zero-order chi connectivity index (χ0) is 13.2. The lowest BCUT2D eigenvalue weighted by Gasteiger charge is -2.33. The van der Waals surface area contributed by atoms with Gasteiger partial charge in [-0.3, -0.25) is 4.79 Å². The number of nitrogens with one attached hydrogen (secondary N) is 1. The van der Waals surface area contributed by atoms with Gasteiger partial charge in [-0.25, -0.2) is 0 Å².